The number of aromatic nitrogens is 1. The summed E-state index contributed by atoms with van der Waals surface area (Å²) in [6.07, 6.45) is 5.84. The molecule has 0 radical (unpaired) electrons. The molecule has 1 aromatic rings. The largest absolute Gasteiger partial charge is 0.384 e. The van der Waals surface area contributed by atoms with Crippen LogP contribution in [0.5, 0.6) is 0 Å². The number of nitrogens with two attached hydrogens (primary N) is 1. The summed E-state index contributed by atoms with van der Waals surface area (Å²) in [6, 6.07) is 4.99. The number of hydrogen-bond acceptors (Lipinski definition) is 3. The average Bonchev–Trinajstić information content (AvgIpc) is 2.12. The molecule has 0 aromatic carbocycles. The monoisotopic (exact) mass is 191 g/mol. The number of hydrogen-bond donors (Lipinski definition) is 2. The fourth-order valence-electron chi connectivity index (χ4n) is 1.70. The van der Waals surface area contributed by atoms with Gasteiger partial charge in [0.15, 0.2) is 0 Å². The van der Waals surface area contributed by atoms with E-state index >= 15 is 0 Å². The van der Waals surface area contributed by atoms with Gasteiger partial charge in [0.05, 0.1) is 0 Å². The normalized spacial score (nSPS) is 18.9. The molecule has 1 atom stereocenters. The minimum atomic E-state index is 0.383. The van der Waals surface area contributed by atoms with E-state index in [-0.39, 0.29) is 0 Å². The van der Waals surface area contributed by atoms with E-state index in [0.717, 1.165) is 0 Å². The van der Waals surface area contributed by atoms with Crippen molar-refractivity contribution in [2.24, 2.45) is 0 Å². The average molecular weight is 191 g/mol. The Balaban J connectivity index is 1.95. The lowest BCUT2D eigenvalue weighted by molar-refractivity contribution is 0.313. The van der Waals surface area contributed by atoms with Crippen LogP contribution in [-0.4, -0.2) is 11.0 Å². The first-order valence-electron chi connectivity index (χ1n) is 5.23. The number of nitrogens with zero attached hydrogens (tertiary/aromatic N) is 1. The summed E-state index contributed by atoms with van der Waals surface area (Å²) < 4.78 is 0. The number of pyridine rings is 1. The van der Waals surface area contributed by atoms with Crippen LogP contribution in [-0.2, 0) is 0 Å². The zero-order valence-electron chi connectivity index (χ0n) is 8.53. The van der Waals surface area contributed by atoms with Gasteiger partial charge in [-0.05, 0) is 31.4 Å². The summed E-state index contributed by atoms with van der Waals surface area (Å²) in [6.45, 7) is 2.17. The molecule has 0 spiro atoms. The highest BCUT2D eigenvalue weighted by Crippen LogP contribution is 2.22. The van der Waals surface area contributed by atoms with Gasteiger partial charge in [-0.3, -0.25) is 0 Å². The third-order valence-electron chi connectivity index (χ3n) is 2.90. The third-order valence-corrected chi connectivity index (χ3v) is 2.90. The second kappa shape index (κ2) is 3.96. The van der Waals surface area contributed by atoms with Gasteiger partial charge in [0, 0.05) is 18.3 Å². The van der Waals surface area contributed by atoms with Gasteiger partial charge in [-0.2, -0.15) is 0 Å². The van der Waals surface area contributed by atoms with Crippen molar-refractivity contribution in [3.05, 3.63) is 23.9 Å². The molecule has 14 heavy (non-hydrogen) atoms. The smallest absolute Gasteiger partial charge is 0.123 e. The van der Waals surface area contributed by atoms with E-state index in [1.54, 1.807) is 0 Å². The van der Waals surface area contributed by atoms with Crippen molar-refractivity contribution in [1.82, 2.24) is 10.3 Å². The Labute approximate surface area is 84.7 Å². The Bertz CT molecular complexity index is 290. The summed E-state index contributed by atoms with van der Waals surface area (Å²) in [5.41, 5.74) is 6.75. The van der Waals surface area contributed by atoms with Crippen molar-refractivity contribution in [2.75, 3.05) is 5.73 Å². The van der Waals surface area contributed by atoms with Gasteiger partial charge < -0.3 is 11.1 Å². The molecule has 0 bridgehead atoms. The summed E-state index contributed by atoms with van der Waals surface area (Å²) in [7, 11) is 0. The van der Waals surface area contributed by atoms with Gasteiger partial charge in [0.25, 0.3) is 0 Å². The maximum atomic E-state index is 5.53. The van der Waals surface area contributed by atoms with Crippen LogP contribution in [0, 0.1) is 0 Å². The second-order valence-electron chi connectivity index (χ2n) is 4.03. The molecule has 1 aromatic heterocycles. The third kappa shape index (κ3) is 2.04. The van der Waals surface area contributed by atoms with Crippen molar-refractivity contribution < 1.29 is 0 Å². The van der Waals surface area contributed by atoms with Crippen LogP contribution in [0.3, 0.4) is 0 Å². The van der Waals surface area contributed by atoms with Crippen molar-refractivity contribution in [3.63, 3.8) is 0 Å². The molecular weight excluding hydrogens is 174 g/mol. The molecule has 76 valence electrons. The highest BCUT2D eigenvalue weighted by Gasteiger charge is 2.19. The van der Waals surface area contributed by atoms with Crippen molar-refractivity contribution in [1.29, 1.82) is 0 Å². The first-order valence-corrected chi connectivity index (χ1v) is 5.23. The zero-order chi connectivity index (χ0) is 9.97. The first-order chi connectivity index (χ1) is 6.75. The van der Waals surface area contributed by atoms with Gasteiger partial charge in [-0.1, -0.05) is 12.5 Å². The molecule has 1 aliphatic carbocycles. The van der Waals surface area contributed by atoms with Gasteiger partial charge >= 0.3 is 0 Å². The molecule has 1 fully saturated rings. The minimum Gasteiger partial charge on any atom is -0.384 e. The van der Waals surface area contributed by atoms with Crippen LogP contribution in [0.2, 0.25) is 0 Å². The molecule has 2 rings (SSSR count). The number of anilines is 1. The molecule has 1 aliphatic rings. The quantitative estimate of drug-likeness (QED) is 0.766. The van der Waals surface area contributed by atoms with E-state index in [9.17, 15) is 0 Å². The minimum absolute atomic E-state index is 0.383. The van der Waals surface area contributed by atoms with E-state index in [1.807, 2.05) is 18.3 Å². The molecule has 3 nitrogen and oxygen atoms in total. The fourth-order valence-corrected chi connectivity index (χ4v) is 1.70. The molecule has 1 saturated carbocycles. The lowest BCUT2D eigenvalue weighted by Crippen LogP contribution is -2.36. The number of nitrogen functional groups attached to an aromatic ring is 1. The Morgan fingerprint density at radius 3 is 2.79 bits per heavy atom. The fraction of sp³-hybridized carbons (Fsp3) is 0.545. The predicted octanol–water partition coefficient (Wildman–Crippen LogP) is 1.87. The topological polar surface area (TPSA) is 50.9 Å². The number of nitrogens with one attached hydrogen (secondary N) is 1. The van der Waals surface area contributed by atoms with Crippen molar-refractivity contribution in [3.8, 4) is 0 Å². The van der Waals surface area contributed by atoms with E-state index in [1.165, 1.54) is 24.8 Å². The van der Waals surface area contributed by atoms with Crippen LogP contribution in [0.25, 0.3) is 0 Å². The summed E-state index contributed by atoms with van der Waals surface area (Å²) in [5, 5.41) is 3.57. The molecule has 3 heteroatoms. The Morgan fingerprint density at radius 2 is 2.29 bits per heavy atom. The molecule has 3 N–H and O–H groups in total. The van der Waals surface area contributed by atoms with Crippen LogP contribution in [0.15, 0.2) is 18.3 Å². The first kappa shape index (κ1) is 9.46. The maximum Gasteiger partial charge on any atom is 0.123 e. The van der Waals surface area contributed by atoms with E-state index < -0.39 is 0 Å². The molecular formula is C11H17N3. The zero-order valence-corrected chi connectivity index (χ0v) is 8.53. The maximum absolute atomic E-state index is 5.53. The molecule has 1 unspecified atom stereocenters. The van der Waals surface area contributed by atoms with Crippen LogP contribution < -0.4 is 11.1 Å². The predicted molar refractivity (Wildman–Crippen MR) is 57.8 cm³/mol. The van der Waals surface area contributed by atoms with Crippen LogP contribution in [0.1, 0.15) is 37.8 Å². The number of rotatable bonds is 3. The van der Waals surface area contributed by atoms with Gasteiger partial charge in [-0.25, -0.2) is 4.98 Å². The second-order valence-corrected chi connectivity index (χ2v) is 4.03. The molecule has 0 amide bonds. The van der Waals surface area contributed by atoms with Crippen LogP contribution in [0.4, 0.5) is 5.82 Å². The summed E-state index contributed by atoms with van der Waals surface area (Å²) >= 11 is 0. The summed E-state index contributed by atoms with van der Waals surface area (Å²) in [5.74, 6) is 0.588. The Kier molecular flexibility index (Phi) is 2.68. The van der Waals surface area contributed by atoms with Crippen molar-refractivity contribution in [2.45, 2.75) is 38.3 Å². The Morgan fingerprint density at radius 1 is 1.50 bits per heavy atom. The molecule has 0 saturated heterocycles. The van der Waals surface area contributed by atoms with E-state index in [0.29, 0.717) is 17.9 Å². The Hall–Kier alpha value is -1.09. The lowest BCUT2D eigenvalue weighted by Gasteiger charge is -2.30. The van der Waals surface area contributed by atoms with Gasteiger partial charge in [-0.15, -0.1) is 0 Å². The summed E-state index contributed by atoms with van der Waals surface area (Å²) in [4.78, 5) is 4.09. The standard InChI is InChI=1S/C11H17N3/c1-8(14-10-3-2-4-10)9-5-6-11(12)13-7-9/h5-8,10,14H,2-4H2,1H3,(H2,12,13). The SMILES string of the molecule is CC(NC1CCC1)c1ccc(N)nc1. The molecule has 0 aliphatic heterocycles. The lowest BCUT2D eigenvalue weighted by atomic mass is 9.92. The van der Waals surface area contributed by atoms with Gasteiger partial charge in [0.2, 0.25) is 0 Å². The highest BCUT2D eigenvalue weighted by molar-refractivity contribution is 5.30. The molecule has 1 heterocycles. The highest BCUT2D eigenvalue weighted by atomic mass is 15.0. The van der Waals surface area contributed by atoms with Crippen molar-refractivity contribution >= 4 is 5.82 Å². The van der Waals surface area contributed by atoms with E-state index in [4.69, 9.17) is 5.73 Å². The van der Waals surface area contributed by atoms with E-state index in [2.05, 4.69) is 17.2 Å². The van der Waals surface area contributed by atoms with Gasteiger partial charge in [0.1, 0.15) is 5.82 Å². The van der Waals surface area contributed by atoms with Crippen LogP contribution >= 0.6 is 0 Å².